The smallest absolute Gasteiger partial charge is 0.0916 e. The molecule has 0 atom stereocenters. The molecule has 0 unspecified atom stereocenters. The number of nitrogens with two attached hydrogens (primary N) is 1. The van der Waals surface area contributed by atoms with E-state index in [-0.39, 0.29) is 0 Å². The van der Waals surface area contributed by atoms with Gasteiger partial charge in [0.2, 0.25) is 0 Å². The molecule has 4 nitrogen and oxygen atoms in total. The Morgan fingerprint density at radius 3 is 3.21 bits per heavy atom. The highest BCUT2D eigenvalue weighted by atomic mass is 15.1. The molecule has 2 heterocycles. The molecule has 0 bridgehead atoms. The van der Waals surface area contributed by atoms with E-state index in [1.165, 1.54) is 0 Å². The number of pyridine rings is 1. The van der Waals surface area contributed by atoms with E-state index in [0.29, 0.717) is 0 Å². The van der Waals surface area contributed by atoms with E-state index in [9.17, 15) is 0 Å². The van der Waals surface area contributed by atoms with E-state index >= 15 is 0 Å². The third kappa shape index (κ3) is 0.907. The maximum Gasteiger partial charge on any atom is 0.0916 e. The Labute approximate surface area is 80.9 Å². The summed E-state index contributed by atoms with van der Waals surface area (Å²) in [4.78, 5) is 4.29. The van der Waals surface area contributed by atoms with Gasteiger partial charge in [0.05, 0.1) is 17.6 Å². The van der Waals surface area contributed by atoms with Crippen molar-refractivity contribution >= 4 is 11.8 Å². The number of fused-ring (bicyclic) bond motifs is 2. The molecular weight excluding hydrogens is 176 g/mol. The molecule has 2 N–H and O–H groups in total. The van der Waals surface area contributed by atoms with E-state index in [0.717, 1.165) is 34.6 Å². The third-order valence-electron chi connectivity index (χ3n) is 2.45. The van der Waals surface area contributed by atoms with Gasteiger partial charge in [-0.3, -0.25) is 4.98 Å². The molecule has 2 aliphatic rings. The van der Waals surface area contributed by atoms with Gasteiger partial charge in [0, 0.05) is 29.4 Å². The summed E-state index contributed by atoms with van der Waals surface area (Å²) in [6.07, 6.45) is 6.24. The van der Waals surface area contributed by atoms with Crippen molar-refractivity contribution in [1.29, 1.82) is 0 Å². The van der Waals surface area contributed by atoms with Gasteiger partial charge in [-0.05, 0) is 12.1 Å². The molecule has 1 aliphatic heterocycles. The maximum absolute atomic E-state index is 5.85. The Kier molecular flexibility index (Phi) is 1.33. The number of nitrogen functional groups attached to an aromatic ring is 1. The van der Waals surface area contributed by atoms with E-state index in [2.05, 4.69) is 15.2 Å². The minimum absolute atomic E-state index is 0.753. The first kappa shape index (κ1) is 7.44. The Hall–Kier alpha value is -1.97. The SMILES string of the molecule is Nc1ccnc2c1C=C1N=NC=C1C2. The van der Waals surface area contributed by atoms with E-state index in [1.807, 2.05) is 6.08 Å². The molecule has 0 amide bonds. The van der Waals surface area contributed by atoms with Crippen LogP contribution in [0, 0.1) is 0 Å². The van der Waals surface area contributed by atoms with Gasteiger partial charge in [-0.1, -0.05) is 0 Å². The lowest BCUT2D eigenvalue weighted by Gasteiger charge is -2.13. The van der Waals surface area contributed by atoms with Crippen LogP contribution in [0.2, 0.25) is 0 Å². The summed E-state index contributed by atoms with van der Waals surface area (Å²) in [6, 6.07) is 1.80. The fraction of sp³-hybridized carbons (Fsp3) is 0.100. The second-order valence-electron chi connectivity index (χ2n) is 3.34. The Morgan fingerprint density at radius 1 is 1.36 bits per heavy atom. The zero-order valence-corrected chi connectivity index (χ0v) is 7.44. The molecule has 0 spiro atoms. The van der Waals surface area contributed by atoms with Crippen LogP contribution in [0.15, 0.2) is 40.0 Å². The fourth-order valence-electron chi connectivity index (χ4n) is 1.71. The van der Waals surface area contributed by atoms with Gasteiger partial charge >= 0.3 is 0 Å². The van der Waals surface area contributed by atoms with E-state index in [1.54, 1.807) is 18.5 Å². The molecule has 68 valence electrons. The number of azo groups is 1. The number of rotatable bonds is 0. The van der Waals surface area contributed by atoms with Crippen molar-refractivity contribution in [2.45, 2.75) is 6.42 Å². The first-order valence-electron chi connectivity index (χ1n) is 4.40. The number of nitrogens with zero attached hydrogens (tertiary/aromatic N) is 3. The summed E-state index contributed by atoms with van der Waals surface area (Å²) in [7, 11) is 0. The van der Waals surface area contributed by atoms with Crippen LogP contribution >= 0.6 is 0 Å². The molecule has 1 aromatic rings. The van der Waals surface area contributed by atoms with Crippen molar-refractivity contribution in [1.82, 2.24) is 4.98 Å². The molecule has 1 aliphatic carbocycles. The lowest BCUT2D eigenvalue weighted by molar-refractivity contribution is 1.03. The summed E-state index contributed by atoms with van der Waals surface area (Å²) in [5, 5.41) is 7.87. The van der Waals surface area contributed by atoms with Gasteiger partial charge in [-0.15, -0.1) is 0 Å². The molecule has 0 saturated carbocycles. The van der Waals surface area contributed by atoms with Crippen molar-refractivity contribution in [3.63, 3.8) is 0 Å². The zero-order chi connectivity index (χ0) is 9.54. The number of aromatic nitrogens is 1. The average Bonchev–Trinajstić information content (AvgIpc) is 2.62. The number of anilines is 1. The highest BCUT2D eigenvalue weighted by Crippen LogP contribution is 2.33. The quantitative estimate of drug-likeness (QED) is 0.669. The minimum Gasteiger partial charge on any atom is -0.398 e. The highest BCUT2D eigenvalue weighted by Gasteiger charge is 2.20. The van der Waals surface area contributed by atoms with Gasteiger partial charge in [-0.25, -0.2) is 0 Å². The van der Waals surface area contributed by atoms with Crippen LogP contribution in [-0.2, 0) is 6.42 Å². The summed E-state index contributed by atoms with van der Waals surface area (Å²) >= 11 is 0. The fourth-order valence-corrected chi connectivity index (χ4v) is 1.71. The van der Waals surface area contributed by atoms with Crippen molar-refractivity contribution in [3.8, 4) is 0 Å². The van der Waals surface area contributed by atoms with Gasteiger partial charge in [-0.2, -0.15) is 10.2 Å². The summed E-state index contributed by atoms with van der Waals surface area (Å²) in [6.45, 7) is 0. The van der Waals surface area contributed by atoms with Crippen molar-refractivity contribution in [3.05, 3.63) is 41.0 Å². The van der Waals surface area contributed by atoms with Crippen LogP contribution in [-0.4, -0.2) is 4.98 Å². The molecule has 0 radical (unpaired) electrons. The number of hydrogen-bond acceptors (Lipinski definition) is 4. The van der Waals surface area contributed by atoms with Crippen molar-refractivity contribution < 1.29 is 0 Å². The van der Waals surface area contributed by atoms with Crippen LogP contribution in [0.5, 0.6) is 0 Å². The average molecular weight is 184 g/mol. The molecule has 0 fully saturated rings. The van der Waals surface area contributed by atoms with Crippen LogP contribution in [0.1, 0.15) is 11.3 Å². The third-order valence-corrected chi connectivity index (χ3v) is 2.45. The number of hydrogen-bond donors (Lipinski definition) is 1. The van der Waals surface area contributed by atoms with Crippen molar-refractivity contribution in [2.24, 2.45) is 10.2 Å². The lowest BCUT2D eigenvalue weighted by Crippen LogP contribution is -2.05. The van der Waals surface area contributed by atoms with Gasteiger partial charge in [0.1, 0.15) is 0 Å². The Balaban J connectivity index is 2.24. The molecular formula is C10H8N4. The van der Waals surface area contributed by atoms with Crippen molar-refractivity contribution in [2.75, 3.05) is 5.73 Å². The predicted octanol–water partition coefficient (Wildman–Crippen LogP) is 1.91. The molecule has 14 heavy (non-hydrogen) atoms. The lowest BCUT2D eigenvalue weighted by atomic mass is 9.96. The second-order valence-corrected chi connectivity index (χ2v) is 3.34. The normalized spacial score (nSPS) is 17.1. The Morgan fingerprint density at radius 2 is 2.29 bits per heavy atom. The molecule has 3 rings (SSSR count). The van der Waals surface area contributed by atoms with Crippen LogP contribution < -0.4 is 5.73 Å². The highest BCUT2D eigenvalue weighted by molar-refractivity contribution is 5.73. The molecule has 0 saturated heterocycles. The van der Waals surface area contributed by atoms with Crippen LogP contribution in [0.3, 0.4) is 0 Å². The first-order valence-corrected chi connectivity index (χ1v) is 4.40. The van der Waals surface area contributed by atoms with E-state index < -0.39 is 0 Å². The predicted molar refractivity (Wildman–Crippen MR) is 53.3 cm³/mol. The van der Waals surface area contributed by atoms with E-state index in [4.69, 9.17) is 5.73 Å². The summed E-state index contributed by atoms with van der Waals surface area (Å²) in [5.74, 6) is 0. The largest absolute Gasteiger partial charge is 0.398 e. The molecule has 0 aromatic carbocycles. The standard InChI is InChI=1S/C10H8N4/c11-8-1-2-12-10-3-6-5-13-14-9(6)4-7(8)10/h1-2,4-5H,3H2,(H2,11,12). The minimum atomic E-state index is 0.753. The monoisotopic (exact) mass is 184 g/mol. The van der Waals surface area contributed by atoms with Gasteiger partial charge < -0.3 is 5.73 Å². The Bertz CT molecular complexity index is 497. The maximum atomic E-state index is 5.85. The molecule has 1 aromatic heterocycles. The number of allylic oxidation sites excluding steroid dienone is 1. The van der Waals surface area contributed by atoms with Crippen LogP contribution in [0.4, 0.5) is 5.69 Å². The molecule has 4 heteroatoms. The van der Waals surface area contributed by atoms with Crippen LogP contribution in [0.25, 0.3) is 6.08 Å². The summed E-state index contributed by atoms with van der Waals surface area (Å²) in [5.41, 5.74) is 10.6. The zero-order valence-electron chi connectivity index (χ0n) is 7.44. The van der Waals surface area contributed by atoms with Gasteiger partial charge in [0.15, 0.2) is 0 Å². The summed E-state index contributed by atoms with van der Waals surface area (Å²) < 4.78 is 0. The van der Waals surface area contributed by atoms with Gasteiger partial charge in [0.25, 0.3) is 0 Å². The topological polar surface area (TPSA) is 63.6 Å². The first-order chi connectivity index (χ1) is 6.84. The second kappa shape index (κ2) is 2.51.